The van der Waals surface area contributed by atoms with Crippen LogP contribution >= 0.6 is 11.6 Å². The quantitative estimate of drug-likeness (QED) is 0.698. The van der Waals surface area contributed by atoms with Crippen LogP contribution in [0, 0.1) is 0 Å². The van der Waals surface area contributed by atoms with Crippen molar-refractivity contribution in [1.29, 1.82) is 0 Å². The number of rotatable bonds is 9. The smallest absolute Gasteiger partial charge is 0.179 e. The fourth-order valence-electron chi connectivity index (χ4n) is 2.14. The molecule has 0 spiro atoms. The number of halogens is 1. The van der Waals surface area contributed by atoms with Crippen molar-refractivity contribution in [2.24, 2.45) is 5.73 Å². The zero-order chi connectivity index (χ0) is 17.4. The van der Waals surface area contributed by atoms with E-state index in [1.807, 2.05) is 37.3 Å². The van der Waals surface area contributed by atoms with Gasteiger partial charge in [-0.1, -0.05) is 17.7 Å². The van der Waals surface area contributed by atoms with E-state index in [4.69, 9.17) is 36.3 Å². The zero-order valence-corrected chi connectivity index (χ0v) is 14.6. The van der Waals surface area contributed by atoms with Crippen molar-refractivity contribution in [2.75, 3.05) is 26.9 Å². The molecule has 0 aliphatic rings. The molecule has 130 valence electrons. The highest BCUT2D eigenvalue weighted by Crippen LogP contribution is 2.36. The Morgan fingerprint density at radius 2 is 1.75 bits per heavy atom. The van der Waals surface area contributed by atoms with Crippen molar-refractivity contribution in [3.05, 3.63) is 47.0 Å². The SMILES string of the molecule is CCOc1cc(CN)cc(Cl)c1OCCOc1cccc(OC)c1. The first-order chi connectivity index (χ1) is 11.7. The molecule has 2 aromatic carbocycles. The minimum Gasteiger partial charge on any atom is -0.497 e. The predicted octanol–water partition coefficient (Wildman–Crippen LogP) is 3.66. The van der Waals surface area contributed by atoms with Gasteiger partial charge in [-0.2, -0.15) is 0 Å². The van der Waals surface area contributed by atoms with Crippen LogP contribution in [-0.4, -0.2) is 26.9 Å². The molecule has 0 saturated carbocycles. The summed E-state index contributed by atoms with van der Waals surface area (Å²) in [5, 5.41) is 0.475. The number of methoxy groups -OCH3 is 1. The minimum absolute atomic E-state index is 0.332. The molecule has 0 fully saturated rings. The standard InChI is InChI=1S/C18H22ClNO4/c1-3-22-17-10-13(12-20)9-16(19)18(17)24-8-7-23-15-6-4-5-14(11-15)21-2/h4-6,9-11H,3,7-8,12,20H2,1-2H3. The van der Waals surface area contributed by atoms with Crippen LogP contribution < -0.4 is 24.7 Å². The van der Waals surface area contributed by atoms with Gasteiger partial charge >= 0.3 is 0 Å². The monoisotopic (exact) mass is 351 g/mol. The summed E-state index contributed by atoms with van der Waals surface area (Å²) in [4.78, 5) is 0. The van der Waals surface area contributed by atoms with Gasteiger partial charge in [0.25, 0.3) is 0 Å². The molecule has 6 heteroatoms. The van der Waals surface area contributed by atoms with Gasteiger partial charge < -0.3 is 24.7 Å². The Hall–Kier alpha value is -2.11. The van der Waals surface area contributed by atoms with Crippen molar-refractivity contribution >= 4 is 11.6 Å². The Morgan fingerprint density at radius 1 is 1.00 bits per heavy atom. The van der Waals surface area contributed by atoms with Crippen molar-refractivity contribution in [3.8, 4) is 23.0 Å². The van der Waals surface area contributed by atoms with Crippen molar-refractivity contribution < 1.29 is 18.9 Å². The minimum atomic E-state index is 0.332. The van der Waals surface area contributed by atoms with Crippen LogP contribution in [0.5, 0.6) is 23.0 Å². The van der Waals surface area contributed by atoms with Gasteiger partial charge in [-0.15, -0.1) is 0 Å². The molecule has 24 heavy (non-hydrogen) atoms. The first-order valence-electron chi connectivity index (χ1n) is 7.72. The summed E-state index contributed by atoms with van der Waals surface area (Å²) in [5.74, 6) is 2.55. The Kier molecular flexibility index (Phi) is 7.03. The molecule has 0 aliphatic heterocycles. The first kappa shape index (κ1) is 18.2. The van der Waals surface area contributed by atoms with Gasteiger partial charge in [-0.25, -0.2) is 0 Å². The van der Waals surface area contributed by atoms with Crippen LogP contribution in [0.15, 0.2) is 36.4 Å². The molecule has 5 nitrogen and oxygen atoms in total. The van der Waals surface area contributed by atoms with Crippen LogP contribution in [-0.2, 0) is 6.54 Å². The second-order valence-electron chi connectivity index (χ2n) is 4.92. The second kappa shape index (κ2) is 9.25. The molecule has 0 bridgehead atoms. The summed E-state index contributed by atoms with van der Waals surface area (Å²) < 4.78 is 22.1. The van der Waals surface area contributed by atoms with E-state index in [1.165, 1.54) is 0 Å². The topological polar surface area (TPSA) is 62.9 Å². The lowest BCUT2D eigenvalue weighted by molar-refractivity contribution is 0.208. The van der Waals surface area contributed by atoms with Gasteiger partial charge in [-0.05, 0) is 36.8 Å². The molecule has 0 unspecified atom stereocenters. The van der Waals surface area contributed by atoms with Gasteiger partial charge in [0.1, 0.15) is 24.7 Å². The average Bonchev–Trinajstić information content (AvgIpc) is 2.60. The van der Waals surface area contributed by atoms with Crippen molar-refractivity contribution in [2.45, 2.75) is 13.5 Å². The summed E-state index contributed by atoms with van der Waals surface area (Å²) in [6.07, 6.45) is 0. The van der Waals surface area contributed by atoms with E-state index in [2.05, 4.69) is 0 Å². The second-order valence-corrected chi connectivity index (χ2v) is 5.33. The predicted molar refractivity (Wildman–Crippen MR) is 94.5 cm³/mol. The molecule has 0 radical (unpaired) electrons. The average molecular weight is 352 g/mol. The number of hydrogen-bond acceptors (Lipinski definition) is 5. The van der Waals surface area contributed by atoms with E-state index in [9.17, 15) is 0 Å². The Bertz CT molecular complexity index is 663. The van der Waals surface area contributed by atoms with Gasteiger partial charge in [0.15, 0.2) is 11.5 Å². The van der Waals surface area contributed by atoms with Crippen LogP contribution in [0.3, 0.4) is 0 Å². The lowest BCUT2D eigenvalue weighted by Gasteiger charge is -2.15. The van der Waals surface area contributed by atoms with E-state index >= 15 is 0 Å². The Balaban J connectivity index is 1.96. The van der Waals surface area contributed by atoms with Crippen LogP contribution in [0.1, 0.15) is 12.5 Å². The van der Waals surface area contributed by atoms with Crippen molar-refractivity contribution in [3.63, 3.8) is 0 Å². The highest BCUT2D eigenvalue weighted by atomic mass is 35.5. The maximum absolute atomic E-state index is 6.27. The lowest BCUT2D eigenvalue weighted by atomic mass is 10.2. The number of benzene rings is 2. The fraction of sp³-hybridized carbons (Fsp3) is 0.333. The fourth-order valence-corrected chi connectivity index (χ4v) is 2.42. The molecule has 2 N–H and O–H groups in total. The third kappa shape index (κ3) is 4.94. The number of ether oxygens (including phenoxy) is 4. The molecule has 0 aliphatic carbocycles. The van der Waals surface area contributed by atoms with Gasteiger partial charge in [0, 0.05) is 12.6 Å². The Morgan fingerprint density at radius 3 is 2.46 bits per heavy atom. The summed E-state index contributed by atoms with van der Waals surface area (Å²) in [5.41, 5.74) is 6.55. The maximum Gasteiger partial charge on any atom is 0.179 e. The summed E-state index contributed by atoms with van der Waals surface area (Å²) >= 11 is 6.27. The zero-order valence-electron chi connectivity index (χ0n) is 13.9. The third-order valence-electron chi connectivity index (χ3n) is 3.24. The highest BCUT2D eigenvalue weighted by Gasteiger charge is 2.12. The van der Waals surface area contributed by atoms with Gasteiger partial charge in [0.05, 0.1) is 18.7 Å². The summed E-state index contributed by atoms with van der Waals surface area (Å²) in [7, 11) is 1.62. The molecule has 0 amide bonds. The summed E-state index contributed by atoms with van der Waals surface area (Å²) in [6.45, 7) is 3.51. The third-order valence-corrected chi connectivity index (χ3v) is 3.53. The van der Waals surface area contributed by atoms with E-state index < -0.39 is 0 Å². The molecule has 0 saturated heterocycles. The van der Waals surface area contributed by atoms with Gasteiger partial charge in [0.2, 0.25) is 0 Å². The first-order valence-corrected chi connectivity index (χ1v) is 8.10. The normalized spacial score (nSPS) is 10.3. The highest BCUT2D eigenvalue weighted by molar-refractivity contribution is 6.32. The molecular formula is C18H22ClNO4. The van der Waals surface area contributed by atoms with E-state index in [0.717, 1.165) is 11.3 Å². The molecular weight excluding hydrogens is 330 g/mol. The van der Waals surface area contributed by atoms with Gasteiger partial charge in [-0.3, -0.25) is 0 Å². The van der Waals surface area contributed by atoms with Crippen LogP contribution in [0.2, 0.25) is 5.02 Å². The molecule has 0 aromatic heterocycles. The maximum atomic E-state index is 6.27. The Labute approximate surface area is 147 Å². The van der Waals surface area contributed by atoms with E-state index in [0.29, 0.717) is 48.6 Å². The van der Waals surface area contributed by atoms with E-state index in [1.54, 1.807) is 13.2 Å². The van der Waals surface area contributed by atoms with Crippen LogP contribution in [0.25, 0.3) is 0 Å². The lowest BCUT2D eigenvalue weighted by Crippen LogP contribution is -2.10. The van der Waals surface area contributed by atoms with Crippen LogP contribution in [0.4, 0.5) is 0 Å². The number of hydrogen-bond donors (Lipinski definition) is 1. The largest absolute Gasteiger partial charge is 0.497 e. The molecule has 2 rings (SSSR count). The van der Waals surface area contributed by atoms with E-state index in [-0.39, 0.29) is 0 Å². The summed E-state index contributed by atoms with van der Waals surface area (Å²) in [6, 6.07) is 11.0. The molecule has 2 aromatic rings. The molecule has 0 atom stereocenters. The molecule has 0 heterocycles. The van der Waals surface area contributed by atoms with Crippen molar-refractivity contribution in [1.82, 2.24) is 0 Å². The number of nitrogens with two attached hydrogens (primary N) is 1.